The maximum atomic E-state index is 11.6. The third kappa shape index (κ3) is 3.37. The van der Waals surface area contributed by atoms with Gasteiger partial charge in [0.25, 0.3) is 0 Å². The summed E-state index contributed by atoms with van der Waals surface area (Å²) in [5.41, 5.74) is 1.54. The van der Waals surface area contributed by atoms with Gasteiger partial charge in [-0.15, -0.1) is 5.10 Å². The van der Waals surface area contributed by atoms with Crippen molar-refractivity contribution in [2.24, 2.45) is 0 Å². The zero-order valence-electron chi connectivity index (χ0n) is 14.3. The number of benzene rings is 1. The first kappa shape index (κ1) is 16.9. The van der Waals surface area contributed by atoms with Gasteiger partial charge < -0.3 is 0 Å². The fraction of sp³-hybridized carbons (Fsp3) is 0.375. The highest BCUT2D eigenvalue weighted by Crippen LogP contribution is 2.25. The van der Waals surface area contributed by atoms with Crippen LogP contribution in [0.4, 0.5) is 0 Å². The Balaban J connectivity index is 1.48. The van der Waals surface area contributed by atoms with E-state index in [2.05, 4.69) is 25.5 Å². The summed E-state index contributed by atoms with van der Waals surface area (Å²) in [5, 5.41) is 15.5. The summed E-state index contributed by atoms with van der Waals surface area (Å²) >= 11 is 0. The topological polar surface area (TPSA) is 110 Å². The highest BCUT2D eigenvalue weighted by Gasteiger charge is 2.26. The Morgan fingerprint density at radius 1 is 1.15 bits per heavy atom. The van der Waals surface area contributed by atoms with Crippen molar-refractivity contribution in [3.05, 3.63) is 36.5 Å². The van der Waals surface area contributed by atoms with Crippen LogP contribution in [-0.2, 0) is 10.0 Å². The molecule has 0 aliphatic carbocycles. The monoisotopic (exact) mass is 373 g/mol. The zero-order chi connectivity index (χ0) is 18.1. The SMILES string of the molecule is CS(=O)(=O)N1CCC(n2cc(-c3nc(-c4ccccc4)n[nH]3)nn2)CC1. The molecule has 0 bridgehead atoms. The molecule has 3 heterocycles. The maximum absolute atomic E-state index is 11.6. The Labute approximate surface area is 151 Å². The van der Waals surface area contributed by atoms with Gasteiger partial charge in [0, 0.05) is 18.7 Å². The van der Waals surface area contributed by atoms with Crippen molar-refractivity contribution in [3.8, 4) is 22.9 Å². The van der Waals surface area contributed by atoms with E-state index in [1.165, 1.54) is 10.6 Å². The van der Waals surface area contributed by atoms with Crippen LogP contribution in [0.25, 0.3) is 22.9 Å². The average Bonchev–Trinajstić information content (AvgIpc) is 3.31. The number of aromatic nitrogens is 6. The van der Waals surface area contributed by atoms with Crippen molar-refractivity contribution in [1.29, 1.82) is 0 Å². The van der Waals surface area contributed by atoms with Crippen molar-refractivity contribution in [2.75, 3.05) is 19.3 Å². The molecular weight excluding hydrogens is 354 g/mol. The van der Waals surface area contributed by atoms with E-state index in [1.807, 2.05) is 36.5 Å². The Bertz CT molecular complexity index is 989. The van der Waals surface area contributed by atoms with Crippen molar-refractivity contribution in [2.45, 2.75) is 18.9 Å². The highest BCUT2D eigenvalue weighted by atomic mass is 32.2. The predicted octanol–water partition coefficient (Wildman–Crippen LogP) is 1.33. The Morgan fingerprint density at radius 2 is 1.88 bits per heavy atom. The van der Waals surface area contributed by atoms with Gasteiger partial charge in [-0.2, -0.15) is 5.10 Å². The Morgan fingerprint density at radius 3 is 2.58 bits per heavy atom. The minimum atomic E-state index is -3.13. The van der Waals surface area contributed by atoms with Crippen LogP contribution in [0, 0.1) is 0 Å². The van der Waals surface area contributed by atoms with E-state index in [0.717, 1.165) is 5.56 Å². The predicted molar refractivity (Wildman–Crippen MR) is 95.5 cm³/mol. The Kier molecular flexibility index (Phi) is 4.29. The number of sulfonamides is 1. The molecule has 1 fully saturated rings. The zero-order valence-corrected chi connectivity index (χ0v) is 15.1. The quantitative estimate of drug-likeness (QED) is 0.739. The number of nitrogens with one attached hydrogen (secondary N) is 1. The molecule has 1 aliphatic rings. The molecule has 1 aromatic carbocycles. The van der Waals surface area contributed by atoms with Crippen LogP contribution >= 0.6 is 0 Å². The van der Waals surface area contributed by atoms with Gasteiger partial charge in [0.15, 0.2) is 11.6 Å². The molecule has 1 saturated heterocycles. The minimum absolute atomic E-state index is 0.130. The molecule has 9 nitrogen and oxygen atoms in total. The first-order valence-electron chi connectivity index (χ1n) is 8.36. The van der Waals surface area contributed by atoms with Crippen molar-refractivity contribution >= 4 is 10.0 Å². The number of H-pyrrole nitrogens is 1. The van der Waals surface area contributed by atoms with Gasteiger partial charge in [-0.3, -0.25) is 5.10 Å². The van der Waals surface area contributed by atoms with Gasteiger partial charge in [-0.1, -0.05) is 35.5 Å². The summed E-state index contributed by atoms with van der Waals surface area (Å²) in [7, 11) is -3.13. The fourth-order valence-electron chi connectivity index (χ4n) is 3.09. The van der Waals surface area contributed by atoms with Crippen LogP contribution < -0.4 is 0 Å². The lowest BCUT2D eigenvalue weighted by Gasteiger charge is -2.29. The second-order valence-electron chi connectivity index (χ2n) is 6.35. The lowest BCUT2D eigenvalue weighted by molar-refractivity contribution is 0.259. The van der Waals surface area contributed by atoms with E-state index in [4.69, 9.17) is 0 Å². The number of rotatable bonds is 4. The number of hydrogen-bond donors (Lipinski definition) is 1. The second kappa shape index (κ2) is 6.61. The third-order valence-electron chi connectivity index (χ3n) is 4.54. The van der Waals surface area contributed by atoms with E-state index < -0.39 is 10.0 Å². The molecule has 2 aromatic heterocycles. The molecule has 4 rings (SSSR count). The first-order valence-corrected chi connectivity index (χ1v) is 10.2. The normalized spacial score (nSPS) is 16.8. The van der Waals surface area contributed by atoms with Gasteiger partial charge >= 0.3 is 0 Å². The lowest BCUT2D eigenvalue weighted by Crippen LogP contribution is -2.38. The van der Waals surface area contributed by atoms with E-state index in [0.29, 0.717) is 43.3 Å². The molecule has 0 radical (unpaired) electrons. The van der Waals surface area contributed by atoms with Crippen LogP contribution in [0.1, 0.15) is 18.9 Å². The standard InChI is InChI=1S/C16H19N7O2S/c1-26(24,25)22-9-7-13(8-10-22)23-11-14(18-21-23)16-17-15(19-20-16)12-5-3-2-4-6-12/h2-6,11,13H,7-10H2,1H3,(H,17,19,20). The largest absolute Gasteiger partial charge is 0.257 e. The summed E-state index contributed by atoms with van der Waals surface area (Å²) in [6, 6.07) is 9.83. The summed E-state index contributed by atoms with van der Waals surface area (Å²) in [6.45, 7) is 0.998. The average molecular weight is 373 g/mol. The second-order valence-corrected chi connectivity index (χ2v) is 8.33. The van der Waals surface area contributed by atoms with Gasteiger partial charge in [-0.05, 0) is 12.8 Å². The number of hydrogen-bond acceptors (Lipinski definition) is 6. The van der Waals surface area contributed by atoms with Crippen LogP contribution in [0.5, 0.6) is 0 Å². The van der Waals surface area contributed by atoms with Crippen LogP contribution in [0.3, 0.4) is 0 Å². The van der Waals surface area contributed by atoms with E-state index in [1.54, 1.807) is 4.68 Å². The van der Waals surface area contributed by atoms with Crippen molar-refractivity contribution in [1.82, 2.24) is 34.5 Å². The number of aromatic amines is 1. The van der Waals surface area contributed by atoms with Gasteiger partial charge in [0.05, 0.1) is 18.5 Å². The van der Waals surface area contributed by atoms with Gasteiger partial charge in [-0.25, -0.2) is 22.4 Å². The minimum Gasteiger partial charge on any atom is -0.257 e. The van der Waals surface area contributed by atoms with Crippen molar-refractivity contribution in [3.63, 3.8) is 0 Å². The Hall–Kier alpha value is -2.59. The highest BCUT2D eigenvalue weighted by molar-refractivity contribution is 7.88. The number of piperidine rings is 1. The van der Waals surface area contributed by atoms with Crippen LogP contribution in [0.15, 0.2) is 36.5 Å². The summed E-state index contributed by atoms with van der Waals surface area (Å²) < 4.78 is 26.5. The third-order valence-corrected chi connectivity index (χ3v) is 5.84. The molecule has 1 aliphatic heterocycles. The molecule has 0 saturated carbocycles. The van der Waals surface area contributed by atoms with E-state index in [9.17, 15) is 8.42 Å². The molecule has 0 spiro atoms. The molecular formula is C16H19N7O2S. The van der Waals surface area contributed by atoms with Gasteiger partial charge in [0.2, 0.25) is 10.0 Å². The maximum Gasteiger partial charge on any atom is 0.211 e. The van der Waals surface area contributed by atoms with E-state index >= 15 is 0 Å². The van der Waals surface area contributed by atoms with E-state index in [-0.39, 0.29) is 6.04 Å². The molecule has 136 valence electrons. The van der Waals surface area contributed by atoms with Crippen molar-refractivity contribution < 1.29 is 8.42 Å². The first-order chi connectivity index (χ1) is 12.5. The summed E-state index contributed by atoms with van der Waals surface area (Å²) in [5.74, 6) is 1.17. The molecule has 0 amide bonds. The molecule has 3 aromatic rings. The lowest BCUT2D eigenvalue weighted by atomic mass is 10.1. The molecule has 0 unspecified atom stereocenters. The molecule has 10 heteroatoms. The summed E-state index contributed by atoms with van der Waals surface area (Å²) in [4.78, 5) is 4.48. The number of nitrogens with zero attached hydrogens (tertiary/aromatic N) is 6. The van der Waals surface area contributed by atoms with Crippen LogP contribution in [-0.4, -0.2) is 62.2 Å². The summed E-state index contributed by atoms with van der Waals surface area (Å²) in [6.07, 6.45) is 4.49. The fourth-order valence-corrected chi connectivity index (χ4v) is 3.97. The molecule has 1 N–H and O–H groups in total. The van der Waals surface area contributed by atoms with Crippen LogP contribution in [0.2, 0.25) is 0 Å². The smallest absolute Gasteiger partial charge is 0.211 e. The molecule has 26 heavy (non-hydrogen) atoms. The molecule has 0 atom stereocenters. The van der Waals surface area contributed by atoms with Gasteiger partial charge in [0.1, 0.15) is 5.69 Å².